The summed E-state index contributed by atoms with van der Waals surface area (Å²) >= 11 is 0. The fourth-order valence-electron chi connectivity index (χ4n) is 1.62. The van der Waals surface area contributed by atoms with Gasteiger partial charge in [0.15, 0.2) is 14.6 Å². The van der Waals surface area contributed by atoms with Crippen LogP contribution in [0.1, 0.15) is 26.7 Å². The van der Waals surface area contributed by atoms with E-state index < -0.39 is 25.8 Å². The zero-order chi connectivity index (χ0) is 11.7. The molecule has 0 aromatic carbocycles. The Labute approximate surface area is 89.8 Å². The molecule has 2 N–H and O–H groups in total. The lowest BCUT2D eigenvalue weighted by atomic mass is 10.2. The second kappa shape index (κ2) is 4.09. The molecule has 1 rings (SSSR count). The Morgan fingerprint density at radius 3 is 2.47 bits per heavy atom. The monoisotopic (exact) mass is 235 g/mol. The predicted molar refractivity (Wildman–Crippen MR) is 56.5 cm³/mol. The minimum absolute atomic E-state index is 0.360. The van der Waals surface area contributed by atoms with Gasteiger partial charge in [-0.1, -0.05) is 0 Å². The average Bonchev–Trinajstić information content (AvgIpc) is 2.18. The van der Waals surface area contributed by atoms with Gasteiger partial charge in [0.05, 0.1) is 5.25 Å². The zero-order valence-corrected chi connectivity index (χ0v) is 9.80. The molecule has 0 aliphatic carbocycles. The van der Waals surface area contributed by atoms with E-state index in [2.05, 4.69) is 5.32 Å². The average molecular weight is 235 g/mol. The Kier molecular flexibility index (Phi) is 3.40. The minimum Gasteiger partial charge on any atom is -0.480 e. The third kappa shape index (κ3) is 2.15. The third-order valence-electron chi connectivity index (χ3n) is 2.92. The third-order valence-corrected chi connectivity index (χ3v) is 5.79. The molecule has 15 heavy (non-hydrogen) atoms. The summed E-state index contributed by atoms with van der Waals surface area (Å²) in [5.74, 6) is -1.28. The number of piperidine rings is 1. The highest BCUT2D eigenvalue weighted by atomic mass is 32.2. The summed E-state index contributed by atoms with van der Waals surface area (Å²) in [6.07, 6.45) is 1.33. The lowest BCUT2D eigenvalue weighted by Gasteiger charge is -2.29. The second-order valence-electron chi connectivity index (χ2n) is 4.33. The molecule has 1 saturated heterocycles. The number of aliphatic carboxylic acids is 1. The van der Waals surface area contributed by atoms with Gasteiger partial charge in [0.1, 0.15) is 0 Å². The van der Waals surface area contributed by atoms with Crippen molar-refractivity contribution in [1.29, 1.82) is 0 Å². The molecule has 1 atom stereocenters. The Morgan fingerprint density at radius 2 is 2.07 bits per heavy atom. The van der Waals surface area contributed by atoms with Gasteiger partial charge in [0.25, 0.3) is 0 Å². The topological polar surface area (TPSA) is 83.5 Å². The normalized spacial score (nSPS) is 23.7. The standard InChI is InChI=1S/C9H17NO4S/c1-9(2,8(11)12)15(13,14)7-4-3-5-10-6-7/h7,10H,3-6H2,1-2H3,(H,11,12). The van der Waals surface area contributed by atoms with E-state index in [4.69, 9.17) is 5.11 Å². The molecule has 1 heterocycles. The molecule has 1 aliphatic rings. The lowest BCUT2D eigenvalue weighted by Crippen LogP contribution is -2.50. The summed E-state index contributed by atoms with van der Waals surface area (Å²) in [6.45, 7) is 3.66. The van der Waals surface area contributed by atoms with Crippen LogP contribution in [0.5, 0.6) is 0 Å². The van der Waals surface area contributed by atoms with E-state index in [1.54, 1.807) is 0 Å². The van der Waals surface area contributed by atoms with Gasteiger partial charge in [-0.2, -0.15) is 0 Å². The van der Waals surface area contributed by atoms with Crippen LogP contribution in [0.25, 0.3) is 0 Å². The molecule has 0 aromatic heterocycles. The molecule has 0 saturated carbocycles. The summed E-state index contributed by atoms with van der Waals surface area (Å²) in [4.78, 5) is 10.9. The number of rotatable bonds is 3. The first-order chi connectivity index (χ1) is 6.80. The molecular weight excluding hydrogens is 218 g/mol. The first-order valence-electron chi connectivity index (χ1n) is 4.97. The molecule has 88 valence electrons. The fourth-order valence-corrected chi connectivity index (χ4v) is 3.51. The van der Waals surface area contributed by atoms with Crippen molar-refractivity contribution in [2.75, 3.05) is 13.1 Å². The Hall–Kier alpha value is -0.620. The second-order valence-corrected chi connectivity index (χ2v) is 7.11. The van der Waals surface area contributed by atoms with Gasteiger partial charge in [0.2, 0.25) is 0 Å². The molecule has 6 heteroatoms. The van der Waals surface area contributed by atoms with Crippen molar-refractivity contribution in [2.45, 2.75) is 36.7 Å². The maximum absolute atomic E-state index is 12.0. The van der Waals surface area contributed by atoms with Crippen LogP contribution in [-0.4, -0.2) is 42.6 Å². The lowest BCUT2D eigenvalue weighted by molar-refractivity contribution is -0.139. The summed E-state index contributed by atoms with van der Waals surface area (Å²) in [5.41, 5.74) is 0. The van der Waals surface area contributed by atoms with Gasteiger partial charge in [-0.15, -0.1) is 0 Å². The van der Waals surface area contributed by atoms with Crippen LogP contribution in [0.4, 0.5) is 0 Å². The number of nitrogens with one attached hydrogen (secondary N) is 1. The van der Waals surface area contributed by atoms with E-state index in [1.807, 2.05) is 0 Å². The fraction of sp³-hybridized carbons (Fsp3) is 0.889. The Morgan fingerprint density at radius 1 is 1.47 bits per heavy atom. The van der Waals surface area contributed by atoms with Gasteiger partial charge in [-0.3, -0.25) is 4.79 Å². The van der Waals surface area contributed by atoms with Gasteiger partial charge in [-0.05, 0) is 33.2 Å². The van der Waals surface area contributed by atoms with Crippen molar-refractivity contribution in [3.8, 4) is 0 Å². The number of hydrogen-bond donors (Lipinski definition) is 2. The molecule has 1 fully saturated rings. The summed E-state index contributed by atoms with van der Waals surface area (Å²) in [7, 11) is -3.62. The predicted octanol–water partition coefficient (Wildman–Crippen LogP) is 0.0164. The smallest absolute Gasteiger partial charge is 0.324 e. The minimum atomic E-state index is -3.62. The Bertz CT molecular complexity index is 341. The van der Waals surface area contributed by atoms with Crippen LogP contribution in [0.3, 0.4) is 0 Å². The SMILES string of the molecule is CC(C)(C(=O)O)S(=O)(=O)C1CCCNC1. The largest absolute Gasteiger partial charge is 0.480 e. The molecule has 1 unspecified atom stereocenters. The van der Waals surface area contributed by atoms with Gasteiger partial charge < -0.3 is 10.4 Å². The highest BCUT2D eigenvalue weighted by Crippen LogP contribution is 2.25. The van der Waals surface area contributed by atoms with Crippen molar-refractivity contribution in [1.82, 2.24) is 5.32 Å². The number of carboxylic acids is 1. The highest BCUT2D eigenvalue weighted by Gasteiger charge is 2.46. The zero-order valence-electron chi connectivity index (χ0n) is 8.99. The summed E-state index contributed by atoms with van der Waals surface area (Å²) in [5, 5.41) is 11.3. The van der Waals surface area contributed by atoms with Crippen LogP contribution in [0.2, 0.25) is 0 Å². The van der Waals surface area contributed by atoms with Gasteiger partial charge in [0, 0.05) is 6.54 Å². The Balaban J connectivity index is 2.95. The molecule has 1 aliphatic heterocycles. The van der Waals surface area contributed by atoms with Crippen molar-refractivity contribution in [3.05, 3.63) is 0 Å². The maximum atomic E-state index is 12.0. The van der Waals surface area contributed by atoms with Gasteiger partial charge >= 0.3 is 5.97 Å². The number of carbonyl (C=O) groups is 1. The van der Waals surface area contributed by atoms with Crippen molar-refractivity contribution in [2.24, 2.45) is 0 Å². The van der Waals surface area contributed by atoms with E-state index in [9.17, 15) is 13.2 Å². The van der Waals surface area contributed by atoms with Crippen LogP contribution in [0.15, 0.2) is 0 Å². The quantitative estimate of drug-likeness (QED) is 0.720. The highest BCUT2D eigenvalue weighted by molar-refractivity contribution is 7.94. The number of carboxylic acid groups (broad SMARTS) is 1. The van der Waals surface area contributed by atoms with Crippen LogP contribution < -0.4 is 5.32 Å². The first kappa shape index (κ1) is 12.4. The molecular formula is C9H17NO4S. The first-order valence-corrected chi connectivity index (χ1v) is 6.52. The molecule has 0 aromatic rings. The van der Waals surface area contributed by atoms with Crippen LogP contribution in [0, 0.1) is 0 Å². The van der Waals surface area contributed by atoms with E-state index in [0.29, 0.717) is 13.0 Å². The summed E-state index contributed by atoms with van der Waals surface area (Å²) in [6, 6.07) is 0. The number of sulfone groups is 1. The molecule has 0 bridgehead atoms. The molecule has 0 spiro atoms. The van der Waals surface area contributed by atoms with E-state index >= 15 is 0 Å². The molecule has 0 radical (unpaired) electrons. The molecule has 5 nitrogen and oxygen atoms in total. The van der Waals surface area contributed by atoms with Crippen LogP contribution >= 0.6 is 0 Å². The summed E-state index contributed by atoms with van der Waals surface area (Å²) < 4.78 is 22.4. The molecule has 0 amide bonds. The van der Waals surface area contributed by atoms with Crippen molar-refractivity contribution >= 4 is 15.8 Å². The maximum Gasteiger partial charge on any atom is 0.324 e. The van der Waals surface area contributed by atoms with E-state index in [0.717, 1.165) is 13.0 Å². The van der Waals surface area contributed by atoms with E-state index in [-0.39, 0.29) is 0 Å². The number of hydrogen-bond acceptors (Lipinski definition) is 4. The van der Waals surface area contributed by atoms with Crippen LogP contribution in [-0.2, 0) is 14.6 Å². The van der Waals surface area contributed by atoms with Crippen molar-refractivity contribution in [3.63, 3.8) is 0 Å². The van der Waals surface area contributed by atoms with Gasteiger partial charge in [-0.25, -0.2) is 8.42 Å². The van der Waals surface area contributed by atoms with E-state index in [1.165, 1.54) is 13.8 Å². The van der Waals surface area contributed by atoms with Crippen molar-refractivity contribution < 1.29 is 18.3 Å².